The summed E-state index contributed by atoms with van der Waals surface area (Å²) in [4.78, 5) is 2.23. The molecule has 0 radical (unpaired) electrons. The molecule has 6 rings (SSSR count). The fraction of sp³-hybridized carbons (Fsp3) is 0.243. The summed E-state index contributed by atoms with van der Waals surface area (Å²) in [5, 5.41) is 2.41. The van der Waals surface area contributed by atoms with Gasteiger partial charge in [0.05, 0.1) is 5.69 Å². The molecule has 0 N–H and O–H groups in total. The minimum Gasteiger partial charge on any atom is -0.310 e. The summed E-state index contributed by atoms with van der Waals surface area (Å²) in [6, 6.07) is 33.6. The number of hydrogen-bond donors (Lipinski definition) is 0. The van der Waals surface area contributed by atoms with E-state index < -0.39 is 0 Å². The van der Waals surface area contributed by atoms with Crippen molar-refractivity contribution < 1.29 is 4.39 Å². The number of aryl methyl sites for hydroxylation is 2. The number of halogens is 1. The van der Waals surface area contributed by atoms with Crippen LogP contribution in [-0.2, 0) is 5.41 Å². The van der Waals surface area contributed by atoms with Gasteiger partial charge in [0.15, 0.2) is 0 Å². The molecule has 0 spiro atoms. The maximum absolute atomic E-state index is 14.7. The minimum atomic E-state index is -0.239. The highest BCUT2D eigenvalue weighted by Crippen LogP contribution is 2.60. The number of benzene rings is 5. The molecule has 0 aliphatic heterocycles. The molecule has 0 amide bonds. The molecule has 0 fully saturated rings. The fourth-order valence-electron chi connectivity index (χ4n) is 7.24. The Hall–Kier alpha value is -3.91. The molecule has 0 saturated carbocycles. The van der Waals surface area contributed by atoms with Crippen molar-refractivity contribution in [1.29, 1.82) is 0 Å². The van der Waals surface area contributed by atoms with Crippen molar-refractivity contribution in [2.24, 2.45) is 11.8 Å². The van der Waals surface area contributed by atoms with Gasteiger partial charge in [-0.25, -0.2) is 4.39 Å². The van der Waals surface area contributed by atoms with Gasteiger partial charge in [0.2, 0.25) is 0 Å². The molecule has 0 saturated heterocycles. The third-order valence-corrected chi connectivity index (χ3v) is 8.75. The van der Waals surface area contributed by atoms with Gasteiger partial charge < -0.3 is 4.90 Å². The lowest BCUT2D eigenvalue weighted by Gasteiger charge is -2.41. The predicted octanol–water partition coefficient (Wildman–Crippen LogP) is 10.6. The summed E-state index contributed by atoms with van der Waals surface area (Å²) in [6.45, 7) is 13.8. The van der Waals surface area contributed by atoms with Gasteiger partial charge in [0.25, 0.3) is 0 Å². The summed E-state index contributed by atoms with van der Waals surface area (Å²) in [6.07, 6.45) is 0. The van der Waals surface area contributed by atoms with Crippen molar-refractivity contribution in [2.45, 2.75) is 47.0 Å². The lowest BCUT2D eigenvalue weighted by atomic mass is 9.62. The summed E-state index contributed by atoms with van der Waals surface area (Å²) in [5.74, 6) is 0.530. The Bertz CT molecular complexity index is 1660. The van der Waals surface area contributed by atoms with Gasteiger partial charge >= 0.3 is 0 Å². The molecular formula is C37H36FN. The van der Waals surface area contributed by atoms with Crippen LogP contribution < -0.4 is 4.90 Å². The molecule has 5 aromatic carbocycles. The Morgan fingerprint density at radius 1 is 0.615 bits per heavy atom. The lowest BCUT2D eigenvalue weighted by Crippen LogP contribution is -2.37. The van der Waals surface area contributed by atoms with Crippen molar-refractivity contribution >= 4 is 27.8 Å². The van der Waals surface area contributed by atoms with E-state index >= 15 is 0 Å². The lowest BCUT2D eigenvalue weighted by molar-refractivity contribution is 0.280. The summed E-state index contributed by atoms with van der Waals surface area (Å²) in [7, 11) is 0. The van der Waals surface area contributed by atoms with E-state index in [1.54, 1.807) is 12.1 Å². The molecule has 1 aliphatic carbocycles. The van der Waals surface area contributed by atoms with Crippen LogP contribution in [0.25, 0.3) is 21.9 Å². The molecule has 1 aliphatic rings. The van der Waals surface area contributed by atoms with Crippen LogP contribution >= 0.6 is 0 Å². The highest BCUT2D eigenvalue weighted by Gasteiger charge is 2.48. The zero-order chi connectivity index (χ0) is 27.5. The van der Waals surface area contributed by atoms with Crippen molar-refractivity contribution in [1.82, 2.24) is 0 Å². The smallest absolute Gasteiger partial charge is 0.125 e. The molecular weight excluding hydrogens is 477 g/mol. The normalized spacial score (nSPS) is 13.7. The van der Waals surface area contributed by atoms with Gasteiger partial charge in [-0.1, -0.05) is 93.9 Å². The van der Waals surface area contributed by atoms with E-state index in [1.165, 1.54) is 44.8 Å². The summed E-state index contributed by atoms with van der Waals surface area (Å²) >= 11 is 0. The fourth-order valence-corrected chi connectivity index (χ4v) is 7.24. The van der Waals surface area contributed by atoms with Crippen molar-refractivity contribution in [3.05, 3.63) is 125 Å². The first-order valence-electron chi connectivity index (χ1n) is 14.0. The SMILES string of the molecule is Cc1cccc(N(c2cccc(F)c2)c2cc3c(c4ccccc24)-c2ccc(C)cc2C3(C(C)C)C(C)C)c1. The molecule has 2 heteroatoms. The molecule has 1 nitrogen and oxygen atoms in total. The molecule has 196 valence electrons. The van der Waals surface area contributed by atoms with Gasteiger partial charge in [-0.15, -0.1) is 0 Å². The standard InChI is InChI=1S/C37H36FN/c1-23(2)37(24(3)4)33-20-26(6)17-18-32(33)36-31-16-8-7-15-30(31)35(22-34(36)37)39(28-13-9-11-25(5)19-28)29-14-10-12-27(38)21-29/h7-24H,1-6H3. The highest BCUT2D eigenvalue weighted by molar-refractivity contribution is 6.10. The van der Waals surface area contributed by atoms with E-state index in [4.69, 9.17) is 0 Å². The predicted molar refractivity (Wildman–Crippen MR) is 164 cm³/mol. The minimum absolute atomic E-state index is 0.143. The Labute approximate surface area is 231 Å². The number of fused-ring (bicyclic) bond motifs is 5. The Balaban J connectivity index is 1.77. The largest absolute Gasteiger partial charge is 0.310 e. The average Bonchev–Trinajstić information content (AvgIpc) is 3.19. The first-order chi connectivity index (χ1) is 18.7. The van der Waals surface area contributed by atoms with Crippen molar-refractivity contribution in [2.75, 3.05) is 4.90 Å². The number of nitrogens with zero attached hydrogens (tertiary/aromatic N) is 1. The number of rotatable bonds is 5. The van der Waals surface area contributed by atoms with Crippen LogP contribution in [-0.4, -0.2) is 0 Å². The second-order valence-corrected chi connectivity index (χ2v) is 11.7. The molecule has 0 unspecified atom stereocenters. The van der Waals surface area contributed by atoms with Gasteiger partial charge in [-0.2, -0.15) is 0 Å². The monoisotopic (exact) mass is 513 g/mol. The Morgan fingerprint density at radius 3 is 1.92 bits per heavy atom. The zero-order valence-corrected chi connectivity index (χ0v) is 23.7. The molecule has 39 heavy (non-hydrogen) atoms. The van der Waals surface area contributed by atoms with Crippen LogP contribution in [0.3, 0.4) is 0 Å². The van der Waals surface area contributed by atoms with E-state index in [2.05, 4.69) is 119 Å². The maximum Gasteiger partial charge on any atom is 0.125 e. The van der Waals surface area contributed by atoms with E-state index in [9.17, 15) is 4.39 Å². The van der Waals surface area contributed by atoms with E-state index in [-0.39, 0.29) is 11.2 Å². The third kappa shape index (κ3) is 3.80. The van der Waals surface area contributed by atoms with Gasteiger partial charge in [0.1, 0.15) is 5.82 Å². The van der Waals surface area contributed by atoms with Crippen LogP contribution in [0.1, 0.15) is 49.9 Å². The molecule has 5 aromatic rings. The van der Waals surface area contributed by atoms with E-state index in [1.807, 2.05) is 6.07 Å². The van der Waals surface area contributed by atoms with Crippen LogP contribution in [0.4, 0.5) is 21.5 Å². The number of hydrogen-bond acceptors (Lipinski definition) is 1. The third-order valence-electron chi connectivity index (χ3n) is 8.75. The van der Waals surface area contributed by atoms with Gasteiger partial charge in [-0.05, 0) is 95.3 Å². The average molecular weight is 514 g/mol. The van der Waals surface area contributed by atoms with Gasteiger partial charge in [0, 0.05) is 22.2 Å². The van der Waals surface area contributed by atoms with Gasteiger partial charge in [-0.3, -0.25) is 0 Å². The second kappa shape index (κ2) is 9.38. The van der Waals surface area contributed by atoms with Crippen LogP contribution in [0, 0.1) is 31.5 Å². The second-order valence-electron chi connectivity index (χ2n) is 11.7. The number of anilines is 3. The van der Waals surface area contributed by atoms with E-state index in [0.29, 0.717) is 11.8 Å². The van der Waals surface area contributed by atoms with Crippen molar-refractivity contribution in [3.63, 3.8) is 0 Å². The van der Waals surface area contributed by atoms with Crippen molar-refractivity contribution in [3.8, 4) is 11.1 Å². The molecule has 0 aromatic heterocycles. The van der Waals surface area contributed by atoms with E-state index in [0.717, 1.165) is 22.4 Å². The first-order valence-corrected chi connectivity index (χ1v) is 14.0. The molecule has 0 heterocycles. The van der Waals surface area contributed by atoms with Crippen LogP contribution in [0.5, 0.6) is 0 Å². The Kier molecular flexibility index (Phi) is 6.10. The highest BCUT2D eigenvalue weighted by atomic mass is 19.1. The topological polar surface area (TPSA) is 3.24 Å². The van der Waals surface area contributed by atoms with Crippen LogP contribution in [0.2, 0.25) is 0 Å². The maximum atomic E-state index is 14.7. The summed E-state index contributed by atoms with van der Waals surface area (Å²) in [5.41, 5.74) is 10.7. The Morgan fingerprint density at radius 2 is 1.26 bits per heavy atom. The molecule has 0 bridgehead atoms. The quantitative estimate of drug-likeness (QED) is 0.226. The summed E-state index contributed by atoms with van der Waals surface area (Å²) < 4.78 is 14.7. The molecule has 0 atom stereocenters. The van der Waals surface area contributed by atoms with Crippen LogP contribution in [0.15, 0.2) is 97.1 Å². The first kappa shape index (κ1) is 25.4. The zero-order valence-electron chi connectivity index (χ0n) is 23.7.